The van der Waals surface area contributed by atoms with Crippen LogP contribution in [0.1, 0.15) is 0 Å². The van der Waals surface area contributed by atoms with Crippen LogP contribution in [0.15, 0.2) is 0 Å². The Morgan fingerprint density at radius 3 is 2.29 bits per heavy atom. The SMILES string of the molecule is N[C@@H]1C(O)O[C@@H]([C@H](O)CO)[C@H](O)[C@H]1O. The largest absolute Gasteiger partial charge is 0.394 e. The lowest BCUT2D eigenvalue weighted by molar-refractivity contribution is -0.264. The van der Waals surface area contributed by atoms with E-state index in [1.165, 1.54) is 0 Å². The molecule has 1 aliphatic rings. The summed E-state index contributed by atoms with van der Waals surface area (Å²) in [6.45, 7) is -0.642. The lowest BCUT2D eigenvalue weighted by Gasteiger charge is -2.40. The maximum Gasteiger partial charge on any atom is 0.173 e. The molecule has 7 heteroatoms. The molecule has 84 valence electrons. The topological polar surface area (TPSA) is 136 Å². The maximum atomic E-state index is 9.39. The molecule has 0 amide bonds. The van der Waals surface area contributed by atoms with Crippen LogP contribution < -0.4 is 5.73 Å². The smallest absolute Gasteiger partial charge is 0.173 e. The van der Waals surface area contributed by atoms with Crippen LogP contribution in [0, 0.1) is 0 Å². The van der Waals surface area contributed by atoms with E-state index in [1.807, 2.05) is 0 Å². The number of aliphatic hydroxyl groups excluding tert-OH is 5. The highest BCUT2D eigenvalue weighted by atomic mass is 16.6. The second-order valence-electron chi connectivity index (χ2n) is 3.30. The zero-order chi connectivity index (χ0) is 10.9. The number of ether oxygens (including phenoxy) is 1. The van der Waals surface area contributed by atoms with E-state index in [9.17, 15) is 15.3 Å². The van der Waals surface area contributed by atoms with Gasteiger partial charge < -0.3 is 36.0 Å². The van der Waals surface area contributed by atoms with E-state index in [4.69, 9.17) is 20.7 Å². The minimum atomic E-state index is -1.47. The third-order valence-corrected chi connectivity index (χ3v) is 2.27. The van der Waals surface area contributed by atoms with Crippen LogP contribution in [0.4, 0.5) is 0 Å². The minimum absolute atomic E-state index is 0.642. The molecule has 0 radical (unpaired) electrons. The van der Waals surface area contributed by atoms with Gasteiger partial charge in [-0.05, 0) is 0 Å². The van der Waals surface area contributed by atoms with Gasteiger partial charge in [0, 0.05) is 0 Å². The van der Waals surface area contributed by atoms with Gasteiger partial charge in [-0.15, -0.1) is 0 Å². The summed E-state index contributed by atoms with van der Waals surface area (Å²) in [5.74, 6) is 0. The Hall–Kier alpha value is -0.280. The molecule has 1 aliphatic heterocycles. The fraction of sp³-hybridized carbons (Fsp3) is 1.00. The molecule has 0 aliphatic carbocycles. The van der Waals surface area contributed by atoms with Gasteiger partial charge in [0.15, 0.2) is 6.29 Å². The van der Waals surface area contributed by atoms with Gasteiger partial charge in [-0.2, -0.15) is 0 Å². The zero-order valence-corrected chi connectivity index (χ0v) is 7.39. The highest BCUT2D eigenvalue weighted by Gasteiger charge is 2.44. The molecule has 14 heavy (non-hydrogen) atoms. The molecule has 0 aromatic rings. The van der Waals surface area contributed by atoms with E-state index in [0.29, 0.717) is 0 Å². The predicted octanol–water partition coefficient (Wildman–Crippen LogP) is -3.89. The number of aliphatic hydroxyl groups is 5. The molecule has 0 spiro atoms. The first-order valence-electron chi connectivity index (χ1n) is 4.23. The van der Waals surface area contributed by atoms with E-state index < -0.39 is 43.4 Å². The first kappa shape index (κ1) is 11.8. The third kappa shape index (κ3) is 2.04. The van der Waals surface area contributed by atoms with Crippen LogP contribution in [0.5, 0.6) is 0 Å². The van der Waals surface area contributed by atoms with E-state index in [-0.39, 0.29) is 0 Å². The molecule has 1 fully saturated rings. The van der Waals surface area contributed by atoms with E-state index >= 15 is 0 Å². The molecule has 7 N–H and O–H groups in total. The summed E-state index contributed by atoms with van der Waals surface area (Å²) in [4.78, 5) is 0. The van der Waals surface area contributed by atoms with Crippen molar-refractivity contribution in [2.45, 2.75) is 36.7 Å². The Morgan fingerprint density at radius 1 is 1.21 bits per heavy atom. The van der Waals surface area contributed by atoms with Crippen molar-refractivity contribution in [2.75, 3.05) is 6.61 Å². The van der Waals surface area contributed by atoms with Crippen molar-refractivity contribution < 1.29 is 30.3 Å². The van der Waals surface area contributed by atoms with Crippen molar-refractivity contribution in [2.24, 2.45) is 5.73 Å². The van der Waals surface area contributed by atoms with E-state index in [1.54, 1.807) is 0 Å². The molecule has 6 atom stereocenters. The molecule has 0 aromatic heterocycles. The highest BCUT2D eigenvalue weighted by Crippen LogP contribution is 2.20. The Balaban J connectivity index is 2.70. The van der Waals surface area contributed by atoms with Crippen molar-refractivity contribution in [3.8, 4) is 0 Å². The van der Waals surface area contributed by atoms with Crippen LogP contribution in [0.2, 0.25) is 0 Å². The van der Waals surface area contributed by atoms with Gasteiger partial charge >= 0.3 is 0 Å². The second-order valence-corrected chi connectivity index (χ2v) is 3.30. The van der Waals surface area contributed by atoms with Gasteiger partial charge in [-0.25, -0.2) is 0 Å². The van der Waals surface area contributed by atoms with Crippen molar-refractivity contribution in [3.05, 3.63) is 0 Å². The first-order chi connectivity index (χ1) is 6.49. The van der Waals surface area contributed by atoms with Crippen molar-refractivity contribution >= 4 is 0 Å². The number of nitrogens with two attached hydrogens (primary N) is 1. The van der Waals surface area contributed by atoms with Crippen LogP contribution >= 0.6 is 0 Å². The molecule has 1 saturated heterocycles. The Morgan fingerprint density at radius 2 is 1.79 bits per heavy atom. The van der Waals surface area contributed by atoms with Crippen LogP contribution in [0.25, 0.3) is 0 Å². The fourth-order valence-corrected chi connectivity index (χ4v) is 1.35. The fourth-order valence-electron chi connectivity index (χ4n) is 1.35. The molecule has 0 saturated carbocycles. The average molecular weight is 209 g/mol. The maximum absolute atomic E-state index is 9.39. The molecule has 0 bridgehead atoms. The second kappa shape index (κ2) is 4.49. The predicted molar refractivity (Wildman–Crippen MR) is 44.0 cm³/mol. The lowest BCUT2D eigenvalue weighted by Crippen LogP contribution is -2.63. The molecular weight excluding hydrogens is 194 g/mol. The van der Waals surface area contributed by atoms with Gasteiger partial charge in [0.25, 0.3) is 0 Å². The monoisotopic (exact) mass is 209 g/mol. The minimum Gasteiger partial charge on any atom is -0.394 e. The summed E-state index contributed by atoms with van der Waals surface area (Å²) in [5.41, 5.74) is 5.29. The Kier molecular flexibility index (Phi) is 3.78. The zero-order valence-electron chi connectivity index (χ0n) is 7.39. The van der Waals surface area contributed by atoms with Crippen molar-refractivity contribution in [1.82, 2.24) is 0 Å². The third-order valence-electron chi connectivity index (χ3n) is 2.27. The van der Waals surface area contributed by atoms with Gasteiger partial charge in [-0.3, -0.25) is 0 Å². The highest BCUT2D eigenvalue weighted by molar-refractivity contribution is 4.93. The summed E-state index contributed by atoms with van der Waals surface area (Å²) < 4.78 is 4.74. The number of hydrogen-bond acceptors (Lipinski definition) is 7. The quantitative estimate of drug-likeness (QED) is 0.273. The Labute approximate surface area is 80.3 Å². The number of rotatable bonds is 2. The van der Waals surface area contributed by atoms with E-state index in [2.05, 4.69) is 0 Å². The van der Waals surface area contributed by atoms with Crippen LogP contribution in [-0.2, 0) is 4.74 Å². The van der Waals surface area contributed by atoms with Gasteiger partial charge in [0.2, 0.25) is 0 Å². The van der Waals surface area contributed by atoms with Gasteiger partial charge in [0.1, 0.15) is 24.4 Å². The average Bonchev–Trinajstić information content (AvgIpc) is 2.19. The molecular formula is C7H15NO6. The molecule has 0 aromatic carbocycles. The number of hydrogen-bond donors (Lipinski definition) is 6. The lowest BCUT2D eigenvalue weighted by atomic mass is 9.94. The van der Waals surface area contributed by atoms with Crippen molar-refractivity contribution in [3.63, 3.8) is 0 Å². The summed E-state index contributed by atoms with van der Waals surface area (Å²) >= 11 is 0. The van der Waals surface area contributed by atoms with E-state index in [0.717, 1.165) is 0 Å². The molecule has 7 nitrogen and oxygen atoms in total. The van der Waals surface area contributed by atoms with Gasteiger partial charge in [-0.1, -0.05) is 0 Å². The summed E-state index contributed by atoms with van der Waals surface area (Å²) in [5, 5.41) is 45.7. The standard InChI is InChI=1S/C7H15NO6/c8-3-4(11)5(12)6(2(10)1-9)14-7(3)13/h2-7,9-13H,1,8H2/t2-,3+,4+,5-,6+,7?/m1/s1. The molecule has 1 unspecified atom stereocenters. The molecule has 1 heterocycles. The summed E-state index contributed by atoms with van der Waals surface area (Å²) in [6, 6.07) is -1.13. The van der Waals surface area contributed by atoms with Gasteiger partial charge in [0.05, 0.1) is 12.6 Å². The van der Waals surface area contributed by atoms with Crippen LogP contribution in [-0.4, -0.2) is 68.9 Å². The Bertz CT molecular complexity index is 191. The molecule has 1 rings (SSSR count). The summed E-state index contributed by atoms with van der Waals surface area (Å²) in [6.07, 6.45) is -6.92. The normalized spacial score (nSPS) is 46.3. The van der Waals surface area contributed by atoms with Crippen molar-refractivity contribution in [1.29, 1.82) is 0 Å². The summed E-state index contributed by atoms with van der Waals surface area (Å²) in [7, 11) is 0. The van der Waals surface area contributed by atoms with Crippen LogP contribution in [0.3, 0.4) is 0 Å². The first-order valence-corrected chi connectivity index (χ1v) is 4.23.